The molecule has 0 aromatic carbocycles. The van der Waals surface area contributed by atoms with Crippen molar-refractivity contribution in [2.45, 2.75) is 38.6 Å². The minimum absolute atomic E-state index is 0.628. The van der Waals surface area contributed by atoms with Crippen LogP contribution in [0.15, 0.2) is 12.3 Å². The van der Waals surface area contributed by atoms with E-state index in [1.54, 1.807) is 12.3 Å². The van der Waals surface area contributed by atoms with Gasteiger partial charge in [0.05, 0.1) is 6.61 Å². The molecule has 1 saturated heterocycles. The number of ether oxygens (including phenoxy) is 1. The Morgan fingerprint density at radius 2 is 2.37 bits per heavy atom. The highest BCUT2D eigenvalue weighted by Gasteiger charge is 2.18. The Morgan fingerprint density at radius 3 is 3.16 bits per heavy atom. The van der Waals surface area contributed by atoms with Crippen molar-refractivity contribution in [1.82, 2.24) is 14.9 Å². The molecule has 1 fully saturated rings. The van der Waals surface area contributed by atoms with Gasteiger partial charge in [0.25, 0.3) is 0 Å². The molecule has 0 amide bonds. The van der Waals surface area contributed by atoms with Crippen LogP contribution < -0.4 is 10.1 Å². The second kappa shape index (κ2) is 7.28. The third-order valence-corrected chi connectivity index (χ3v) is 3.60. The third-order valence-electron chi connectivity index (χ3n) is 3.60. The van der Waals surface area contributed by atoms with Gasteiger partial charge in [0, 0.05) is 24.8 Å². The van der Waals surface area contributed by atoms with Crippen LogP contribution >= 0.6 is 0 Å². The zero-order valence-electron chi connectivity index (χ0n) is 11.9. The first kappa shape index (κ1) is 14.1. The number of likely N-dealkylation sites (tertiary alicyclic amines) is 1. The van der Waals surface area contributed by atoms with Gasteiger partial charge in [-0.05, 0) is 39.8 Å². The van der Waals surface area contributed by atoms with Crippen LogP contribution in [0.2, 0.25) is 0 Å². The summed E-state index contributed by atoms with van der Waals surface area (Å²) < 4.78 is 5.36. The molecular formula is C14H24N4O. The second-order valence-corrected chi connectivity index (χ2v) is 5.00. The lowest BCUT2D eigenvalue weighted by Crippen LogP contribution is -2.37. The SMILES string of the molecule is CCOc1ccnc(NCC[C@H]2CCCCN2C)n1. The summed E-state index contributed by atoms with van der Waals surface area (Å²) in [7, 11) is 2.22. The van der Waals surface area contributed by atoms with Gasteiger partial charge in [-0.15, -0.1) is 0 Å². The Morgan fingerprint density at radius 1 is 1.47 bits per heavy atom. The van der Waals surface area contributed by atoms with Crippen molar-refractivity contribution in [3.05, 3.63) is 12.3 Å². The lowest BCUT2D eigenvalue weighted by atomic mass is 10.0. The van der Waals surface area contributed by atoms with E-state index < -0.39 is 0 Å². The molecule has 1 aromatic rings. The molecule has 0 unspecified atom stereocenters. The standard InChI is InChI=1S/C14H24N4O/c1-3-19-13-8-10-16-14(17-13)15-9-7-12-6-4-5-11-18(12)2/h8,10,12H,3-7,9,11H2,1-2H3,(H,15,16,17)/t12-/m1/s1. The van der Waals surface area contributed by atoms with E-state index in [4.69, 9.17) is 4.74 Å². The van der Waals surface area contributed by atoms with Crippen LogP contribution in [0, 0.1) is 0 Å². The molecule has 1 aromatic heterocycles. The van der Waals surface area contributed by atoms with Gasteiger partial charge in [0.2, 0.25) is 11.8 Å². The van der Waals surface area contributed by atoms with E-state index in [1.807, 2.05) is 6.92 Å². The van der Waals surface area contributed by atoms with Crippen molar-refractivity contribution in [3.63, 3.8) is 0 Å². The van der Waals surface area contributed by atoms with Crippen LogP contribution in [0.25, 0.3) is 0 Å². The predicted molar refractivity (Wildman–Crippen MR) is 76.6 cm³/mol. The largest absolute Gasteiger partial charge is 0.478 e. The fourth-order valence-electron chi connectivity index (χ4n) is 2.52. The maximum atomic E-state index is 5.36. The molecule has 2 rings (SSSR count). The Balaban J connectivity index is 1.77. The van der Waals surface area contributed by atoms with E-state index in [9.17, 15) is 0 Å². The molecule has 0 aliphatic carbocycles. The molecular weight excluding hydrogens is 240 g/mol. The average Bonchev–Trinajstić information content (AvgIpc) is 2.42. The molecule has 5 nitrogen and oxygen atoms in total. The first-order valence-corrected chi connectivity index (χ1v) is 7.19. The molecule has 1 atom stereocenters. The Kier molecular flexibility index (Phi) is 5.39. The van der Waals surface area contributed by atoms with Crippen molar-refractivity contribution >= 4 is 5.95 Å². The van der Waals surface area contributed by atoms with Crippen molar-refractivity contribution < 1.29 is 4.74 Å². The molecule has 1 aliphatic rings. The highest BCUT2D eigenvalue weighted by Crippen LogP contribution is 2.17. The van der Waals surface area contributed by atoms with Gasteiger partial charge in [-0.1, -0.05) is 6.42 Å². The quantitative estimate of drug-likeness (QED) is 0.853. The highest BCUT2D eigenvalue weighted by molar-refractivity contribution is 5.27. The summed E-state index contributed by atoms with van der Waals surface area (Å²) in [4.78, 5) is 11.0. The summed E-state index contributed by atoms with van der Waals surface area (Å²) in [6, 6.07) is 2.47. The van der Waals surface area contributed by atoms with E-state index >= 15 is 0 Å². The van der Waals surface area contributed by atoms with Crippen LogP contribution in [0.4, 0.5) is 5.95 Å². The van der Waals surface area contributed by atoms with Gasteiger partial charge < -0.3 is 15.0 Å². The van der Waals surface area contributed by atoms with Crippen LogP contribution in [-0.2, 0) is 0 Å². The monoisotopic (exact) mass is 264 g/mol. The smallest absolute Gasteiger partial charge is 0.225 e. The van der Waals surface area contributed by atoms with Gasteiger partial charge in [-0.25, -0.2) is 4.98 Å². The fraction of sp³-hybridized carbons (Fsp3) is 0.714. The van der Waals surface area contributed by atoms with Crippen LogP contribution in [0.3, 0.4) is 0 Å². The van der Waals surface area contributed by atoms with Crippen LogP contribution in [0.1, 0.15) is 32.6 Å². The zero-order valence-corrected chi connectivity index (χ0v) is 11.9. The highest BCUT2D eigenvalue weighted by atomic mass is 16.5. The van der Waals surface area contributed by atoms with E-state index in [2.05, 4.69) is 27.2 Å². The van der Waals surface area contributed by atoms with E-state index in [0.29, 0.717) is 24.5 Å². The number of anilines is 1. The average molecular weight is 264 g/mol. The zero-order chi connectivity index (χ0) is 13.5. The Bertz CT molecular complexity index is 385. The number of hydrogen-bond acceptors (Lipinski definition) is 5. The number of piperidine rings is 1. The molecule has 0 radical (unpaired) electrons. The molecule has 0 spiro atoms. The summed E-state index contributed by atoms with van der Waals surface area (Å²) >= 11 is 0. The molecule has 106 valence electrons. The number of hydrogen-bond donors (Lipinski definition) is 1. The summed E-state index contributed by atoms with van der Waals surface area (Å²) in [5, 5.41) is 3.28. The maximum absolute atomic E-state index is 5.36. The molecule has 0 bridgehead atoms. The summed E-state index contributed by atoms with van der Waals surface area (Å²) in [6.45, 7) is 4.71. The van der Waals surface area contributed by atoms with E-state index in [0.717, 1.165) is 13.0 Å². The van der Waals surface area contributed by atoms with Crippen LogP contribution in [-0.4, -0.2) is 47.7 Å². The van der Waals surface area contributed by atoms with E-state index in [1.165, 1.54) is 25.8 Å². The maximum Gasteiger partial charge on any atom is 0.225 e. The number of nitrogens with one attached hydrogen (secondary N) is 1. The predicted octanol–water partition coefficient (Wildman–Crippen LogP) is 2.16. The molecule has 1 N–H and O–H groups in total. The topological polar surface area (TPSA) is 50.3 Å². The van der Waals surface area contributed by atoms with Gasteiger partial charge in [-0.2, -0.15) is 4.98 Å². The number of rotatable bonds is 6. The Labute approximate surface area is 115 Å². The van der Waals surface area contributed by atoms with Gasteiger partial charge in [0.15, 0.2) is 0 Å². The Hall–Kier alpha value is -1.36. The number of nitrogens with zero attached hydrogens (tertiary/aromatic N) is 3. The molecule has 19 heavy (non-hydrogen) atoms. The molecule has 0 saturated carbocycles. The molecule has 5 heteroatoms. The molecule has 1 aliphatic heterocycles. The first-order valence-electron chi connectivity index (χ1n) is 7.19. The molecule has 2 heterocycles. The first-order chi connectivity index (χ1) is 9.29. The van der Waals surface area contributed by atoms with Crippen molar-refractivity contribution in [2.75, 3.05) is 32.1 Å². The second-order valence-electron chi connectivity index (χ2n) is 5.00. The van der Waals surface area contributed by atoms with Gasteiger partial charge in [-0.3, -0.25) is 0 Å². The van der Waals surface area contributed by atoms with Crippen molar-refractivity contribution in [1.29, 1.82) is 0 Å². The van der Waals surface area contributed by atoms with Gasteiger partial charge in [0.1, 0.15) is 0 Å². The van der Waals surface area contributed by atoms with Crippen molar-refractivity contribution in [2.24, 2.45) is 0 Å². The van der Waals surface area contributed by atoms with Crippen molar-refractivity contribution in [3.8, 4) is 5.88 Å². The number of aromatic nitrogens is 2. The van der Waals surface area contributed by atoms with Gasteiger partial charge >= 0.3 is 0 Å². The summed E-state index contributed by atoms with van der Waals surface area (Å²) in [5.74, 6) is 1.29. The minimum atomic E-state index is 0.628. The normalized spacial score (nSPS) is 20.2. The summed E-state index contributed by atoms with van der Waals surface area (Å²) in [6.07, 6.45) is 6.86. The summed E-state index contributed by atoms with van der Waals surface area (Å²) in [5.41, 5.74) is 0. The minimum Gasteiger partial charge on any atom is -0.478 e. The lowest BCUT2D eigenvalue weighted by Gasteiger charge is -2.32. The van der Waals surface area contributed by atoms with E-state index in [-0.39, 0.29) is 0 Å². The van der Waals surface area contributed by atoms with Crippen LogP contribution in [0.5, 0.6) is 5.88 Å². The third kappa shape index (κ3) is 4.35. The fourth-order valence-corrected chi connectivity index (χ4v) is 2.52. The lowest BCUT2D eigenvalue weighted by molar-refractivity contribution is 0.179.